The van der Waals surface area contributed by atoms with E-state index < -0.39 is 0 Å². The van der Waals surface area contributed by atoms with Crippen LogP contribution in [0.1, 0.15) is 17.3 Å². The first kappa shape index (κ1) is 10.8. The number of aromatic nitrogens is 1. The third-order valence-corrected chi connectivity index (χ3v) is 2.72. The molecular formula is C12H11NO2S. The minimum Gasteiger partial charge on any atom is -0.462 e. The summed E-state index contributed by atoms with van der Waals surface area (Å²) in [5, 5.41) is 0.864. The molecule has 0 fully saturated rings. The van der Waals surface area contributed by atoms with Gasteiger partial charge in [-0.3, -0.25) is 0 Å². The SMILES string of the molecule is CCOC(=O)c1c[nH]c2ccccc2c1=S. The van der Waals surface area contributed by atoms with Crippen molar-refractivity contribution in [1.29, 1.82) is 0 Å². The lowest BCUT2D eigenvalue weighted by atomic mass is 10.1. The second kappa shape index (κ2) is 4.45. The maximum atomic E-state index is 11.6. The van der Waals surface area contributed by atoms with Crippen molar-refractivity contribution in [3.63, 3.8) is 0 Å². The molecule has 4 heteroatoms. The Hall–Kier alpha value is -1.68. The van der Waals surface area contributed by atoms with Crippen LogP contribution in [0.25, 0.3) is 10.9 Å². The monoisotopic (exact) mass is 233 g/mol. The number of benzene rings is 1. The Labute approximate surface area is 98.1 Å². The van der Waals surface area contributed by atoms with Crippen molar-refractivity contribution in [1.82, 2.24) is 4.98 Å². The lowest BCUT2D eigenvalue weighted by Gasteiger charge is -2.04. The fourth-order valence-electron chi connectivity index (χ4n) is 1.53. The van der Waals surface area contributed by atoms with Gasteiger partial charge in [0.05, 0.1) is 16.7 Å². The zero-order chi connectivity index (χ0) is 11.5. The summed E-state index contributed by atoms with van der Waals surface area (Å²) in [4.78, 5) is 14.6. The van der Waals surface area contributed by atoms with Gasteiger partial charge in [0.1, 0.15) is 0 Å². The summed E-state index contributed by atoms with van der Waals surface area (Å²) in [5.74, 6) is -0.380. The number of carbonyl (C=O) groups is 1. The van der Waals surface area contributed by atoms with Crippen LogP contribution in [-0.4, -0.2) is 17.6 Å². The molecule has 0 saturated carbocycles. The summed E-state index contributed by atoms with van der Waals surface area (Å²) in [6.45, 7) is 2.12. The lowest BCUT2D eigenvalue weighted by molar-refractivity contribution is 0.0525. The highest BCUT2D eigenvalue weighted by Gasteiger charge is 2.10. The summed E-state index contributed by atoms with van der Waals surface area (Å²) in [6.07, 6.45) is 1.60. The number of esters is 1. The molecule has 0 aliphatic carbocycles. The predicted molar refractivity (Wildman–Crippen MR) is 65.1 cm³/mol. The van der Waals surface area contributed by atoms with Crippen molar-refractivity contribution in [3.8, 4) is 0 Å². The first-order valence-electron chi connectivity index (χ1n) is 5.01. The third-order valence-electron chi connectivity index (χ3n) is 2.28. The van der Waals surface area contributed by atoms with E-state index in [0.29, 0.717) is 16.7 Å². The Bertz CT molecular complexity index is 589. The van der Waals surface area contributed by atoms with Crippen molar-refractivity contribution in [2.75, 3.05) is 6.61 Å². The van der Waals surface area contributed by atoms with E-state index in [2.05, 4.69) is 4.98 Å². The first-order chi connectivity index (χ1) is 7.74. The van der Waals surface area contributed by atoms with E-state index in [1.54, 1.807) is 13.1 Å². The molecule has 0 atom stereocenters. The molecule has 0 aliphatic rings. The number of rotatable bonds is 2. The summed E-state index contributed by atoms with van der Waals surface area (Å²) >= 11 is 5.26. The van der Waals surface area contributed by atoms with Gasteiger partial charge in [-0.2, -0.15) is 0 Å². The van der Waals surface area contributed by atoms with E-state index in [4.69, 9.17) is 17.0 Å². The van der Waals surface area contributed by atoms with Gasteiger partial charge in [-0.25, -0.2) is 4.79 Å². The molecule has 1 N–H and O–H groups in total. The van der Waals surface area contributed by atoms with Gasteiger partial charge in [-0.1, -0.05) is 30.4 Å². The van der Waals surface area contributed by atoms with Crippen LogP contribution in [0.4, 0.5) is 0 Å². The number of para-hydroxylation sites is 1. The lowest BCUT2D eigenvalue weighted by Crippen LogP contribution is -2.06. The molecule has 82 valence electrons. The van der Waals surface area contributed by atoms with Crippen molar-refractivity contribution in [2.45, 2.75) is 6.92 Å². The molecule has 1 aromatic heterocycles. The van der Waals surface area contributed by atoms with Crippen LogP contribution in [0.3, 0.4) is 0 Å². The molecule has 0 unspecified atom stereocenters. The second-order valence-corrected chi connectivity index (χ2v) is 3.71. The number of nitrogens with one attached hydrogen (secondary N) is 1. The maximum absolute atomic E-state index is 11.6. The molecule has 2 rings (SSSR count). The fraction of sp³-hybridized carbons (Fsp3) is 0.167. The summed E-state index contributed by atoms with van der Waals surface area (Å²) in [7, 11) is 0. The van der Waals surface area contributed by atoms with Gasteiger partial charge in [0.25, 0.3) is 0 Å². The number of pyridine rings is 1. The van der Waals surface area contributed by atoms with E-state index in [1.165, 1.54) is 0 Å². The van der Waals surface area contributed by atoms with Crippen LogP contribution in [0.5, 0.6) is 0 Å². The number of hydrogen-bond donors (Lipinski definition) is 1. The zero-order valence-electron chi connectivity index (χ0n) is 8.82. The second-order valence-electron chi connectivity index (χ2n) is 3.30. The normalized spacial score (nSPS) is 10.3. The molecule has 0 aliphatic heterocycles. The molecular weight excluding hydrogens is 222 g/mol. The highest BCUT2D eigenvalue weighted by atomic mass is 32.1. The van der Waals surface area contributed by atoms with Crippen LogP contribution < -0.4 is 0 Å². The smallest absolute Gasteiger partial charge is 0.341 e. The summed E-state index contributed by atoms with van der Waals surface area (Å²) in [6, 6.07) is 7.61. The van der Waals surface area contributed by atoms with Gasteiger partial charge >= 0.3 is 5.97 Å². The number of ether oxygens (including phenoxy) is 1. The average molecular weight is 233 g/mol. The van der Waals surface area contributed by atoms with Gasteiger partial charge in [-0.15, -0.1) is 0 Å². The summed E-state index contributed by atoms with van der Waals surface area (Å²) in [5.41, 5.74) is 1.33. The van der Waals surface area contributed by atoms with Crippen LogP contribution >= 0.6 is 12.2 Å². The number of H-pyrrole nitrogens is 1. The molecule has 1 aromatic carbocycles. The maximum Gasteiger partial charge on any atom is 0.341 e. The molecule has 2 aromatic rings. The minimum atomic E-state index is -0.380. The Morgan fingerprint density at radius 1 is 1.44 bits per heavy atom. The van der Waals surface area contributed by atoms with E-state index in [0.717, 1.165) is 10.9 Å². The van der Waals surface area contributed by atoms with Gasteiger partial charge in [0.2, 0.25) is 0 Å². The largest absolute Gasteiger partial charge is 0.462 e. The Balaban J connectivity index is 2.61. The Kier molecular flexibility index (Phi) is 3.01. The molecule has 0 bridgehead atoms. The number of fused-ring (bicyclic) bond motifs is 1. The standard InChI is InChI=1S/C12H11NO2S/c1-2-15-12(14)9-7-13-10-6-4-3-5-8(10)11(9)16/h3-7H,2H2,1H3,(H,13,16). The minimum absolute atomic E-state index is 0.348. The molecule has 3 nitrogen and oxygen atoms in total. The van der Waals surface area contributed by atoms with Crippen molar-refractivity contribution in [3.05, 3.63) is 40.5 Å². The average Bonchev–Trinajstić information content (AvgIpc) is 2.30. The zero-order valence-corrected chi connectivity index (χ0v) is 9.64. The topological polar surface area (TPSA) is 42.1 Å². The van der Waals surface area contributed by atoms with Crippen molar-refractivity contribution in [2.24, 2.45) is 0 Å². The third kappa shape index (κ3) is 1.84. The summed E-state index contributed by atoms with van der Waals surface area (Å²) < 4.78 is 5.47. The molecule has 0 amide bonds. The van der Waals surface area contributed by atoms with Crippen molar-refractivity contribution >= 4 is 29.1 Å². The Morgan fingerprint density at radius 3 is 2.94 bits per heavy atom. The van der Waals surface area contributed by atoms with Gasteiger partial charge < -0.3 is 9.72 Å². The van der Waals surface area contributed by atoms with Crippen LogP contribution in [0, 0.1) is 4.51 Å². The van der Waals surface area contributed by atoms with Crippen LogP contribution in [-0.2, 0) is 4.74 Å². The van der Waals surface area contributed by atoms with E-state index >= 15 is 0 Å². The van der Waals surface area contributed by atoms with E-state index in [1.807, 2.05) is 24.3 Å². The van der Waals surface area contributed by atoms with E-state index in [9.17, 15) is 4.79 Å². The van der Waals surface area contributed by atoms with Crippen LogP contribution in [0.2, 0.25) is 0 Å². The van der Waals surface area contributed by atoms with Gasteiger partial charge in [0, 0.05) is 17.1 Å². The van der Waals surface area contributed by atoms with Gasteiger partial charge in [0.15, 0.2) is 0 Å². The number of hydrogen-bond acceptors (Lipinski definition) is 3. The Morgan fingerprint density at radius 2 is 2.19 bits per heavy atom. The molecule has 0 radical (unpaired) electrons. The van der Waals surface area contributed by atoms with Crippen LogP contribution in [0.15, 0.2) is 30.5 Å². The fourth-order valence-corrected chi connectivity index (χ4v) is 1.85. The molecule has 0 spiro atoms. The highest BCUT2D eigenvalue weighted by Crippen LogP contribution is 2.16. The van der Waals surface area contributed by atoms with Crippen molar-refractivity contribution < 1.29 is 9.53 Å². The molecule has 0 saturated heterocycles. The molecule has 16 heavy (non-hydrogen) atoms. The highest BCUT2D eigenvalue weighted by molar-refractivity contribution is 7.71. The number of carbonyl (C=O) groups excluding carboxylic acids is 1. The van der Waals surface area contributed by atoms with Gasteiger partial charge in [-0.05, 0) is 13.0 Å². The first-order valence-corrected chi connectivity index (χ1v) is 5.42. The van der Waals surface area contributed by atoms with E-state index in [-0.39, 0.29) is 5.97 Å². The number of aromatic amines is 1. The quantitative estimate of drug-likeness (QED) is 0.640. The molecule has 1 heterocycles. The predicted octanol–water partition coefficient (Wildman–Crippen LogP) is 3.07.